The molecule has 2 unspecified atom stereocenters. The Morgan fingerprint density at radius 3 is 2.45 bits per heavy atom. The van der Waals surface area contributed by atoms with Crippen molar-refractivity contribution < 1.29 is 20.1 Å². The van der Waals surface area contributed by atoms with Gasteiger partial charge < -0.3 is 20.6 Å². The van der Waals surface area contributed by atoms with Crippen molar-refractivity contribution >= 4 is 5.91 Å². The molecule has 0 saturated heterocycles. The summed E-state index contributed by atoms with van der Waals surface area (Å²) in [6.45, 7) is 1.91. The minimum Gasteiger partial charge on any atom is -0.396 e. The number of benzene rings is 1. The van der Waals surface area contributed by atoms with Gasteiger partial charge in [0.05, 0.1) is 6.10 Å². The van der Waals surface area contributed by atoms with Crippen molar-refractivity contribution in [2.24, 2.45) is 0 Å². The number of aliphatic hydroxyl groups excluding tert-OH is 3. The van der Waals surface area contributed by atoms with Crippen molar-refractivity contribution in [3.05, 3.63) is 35.4 Å². The van der Waals surface area contributed by atoms with Gasteiger partial charge >= 0.3 is 0 Å². The van der Waals surface area contributed by atoms with Crippen LogP contribution < -0.4 is 5.32 Å². The highest BCUT2D eigenvalue weighted by atomic mass is 16.3. The van der Waals surface area contributed by atoms with E-state index in [4.69, 9.17) is 5.11 Å². The van der Waals surface area contributed by atoms with Gasteiger partial charge in [-0.05, 0) is 30.4 Å². The van der Waals surface area contributed by atoms with Gasteiger partial charge in [-0.3, -0.25) is 4.79 Å². The first-order valence-corrected chi connectivity index (χ1v) is 6.85. The van der Waals surface area contributed by atoms with Gasteiger partial charge in [-0.15, -0.1) is 0 Å². The third kappa shape index (κ3) is 5.69. The lowest BCUT2D eigenvalue weighted by Crippen LogP contribution is -2.27. The number of aryl methyl sites for hydroxylation is 1. The lowest BCUT2D eigenvalue weighted by atomic mass is 9.99. The zero-order chi connectivity index (χ0) is 15.0. The third-order valence-electron chi connectivity index (χ3n) is 3.12. The Labute approximate surface area is 119 Å². The van der Waals surface area contributed by atoms with E-state index in [-0.39, 0.29) is 12.5 Å². The van der Waals surface area contributed by atoms with Crippen LogP contribution in [0.4, 0.5) is 0 Å². The Morgan fingerprint density at radius 2 is 1.90 bits per heavy atom. The summed E-state index contributed by atoms with van der Waals surface area (Å²) in [5.74, 6) is -0.153. The Hall–Kier alpha value is -1.43. The zero-order valence-electron chi connectivity index (χ0n) is 11.7. The number of aliphatic hydroxyl groups is 3. The van der Waals surface area contributed by atoms with E-state index < -0.39 is 12.2 Å². The molecule has 0 heterocycles. The molecule has 112 valence electrons. The van der Waals surface area contributed by atoms with Crippen LogP contribution in [-0.4, -0.2) is 40.5 Å². The van der Waals surface area contributed by atoms with Crippen LogP contribution in [0.25, 0.3) is 0 Å². The summed E-state index contributed by atoms with van der Waals surface area (Å²) in [5.41, 5.74) is 1.73. The second kappa shape index (κ2) is 8.68. The van der Waals surface area contributed by atoms with Crippen LogP contribution >= 0.6 is 0 Å². The molecule has 2 atom stereocenters. The van der Waals surface area contributed by atoms with Gasteiger partial charge in [0.2, 0.25) is 5.91 Å². The van der Waals surface area contributed by atoms with Crippen molar-refractivity contribution in [2.75, 3.05) is 13.2 Å². The highest BCUT2D eigenvalue weighted by Crippen LogP contribution is 2.19. The molecule has 1 rings (SSSR count). The maximum atomic E-state index is 10.7. The fraction of sp³-hybridized carbons (Fsp3) is 0.533. The molecule has 0 aliphatic heterocycles. The topological polar surface area (TPSA) is 89.8 Å². The van der Waals surface area contributed by atoms with E-state index in [2.05, 4.69) is 5.32 Å². The summed E-state index contributed by atoms with van der Waals surface area (Å²) in [4.78, 5) is 10.7. The van der Waals surface area contributed by atoms with E-state index in [0.29, 0.717) is 24.9 Å². The summed E-state index contributed by atoms with van der Waals surface area (Å²) >= 11 is 0. The van der Waals surface area contributed by atoms with E-state index in [1.807, 2.05) is 12.1 Å². The van der Waals surface area contributed by atoms with Gasteiger partial charge in [-0.1, -0.05) is 24.3 Å². The Balaban J connectivity index is 2.49. The van der Waals surface area contributed by atoms with E-state index in [1.54, 1.807) is 12.1 Å². The van der Waals surface area contributed by atoms with E-state index in [9.17, 15) is 15.0 Å². The van der Waals surface area contributed by atoms with Crippen LogP contribution in [0.15, 0.2) is 24.3 Å². The number of amides is 1. The van der Waals surface area contributed by atoms with E-state index >= 15 is 0 Å². The molecular weight excluding hydrogens is 258 g/mol. The zero-order valence-corrected chi connectivity index (χ0v) is 11.7. The molecule has 0 aromatic heterocycles. The van der Waals surface area contributed by atoms with Crippen LogP contribution in [0.2, 0.25) is 0 Å². The SMILES string of the molecule is CC(=O)NCCC(O)C(O)c1ccc(CCCO)cc1. The molecule has 5 nitrogen and oxygen atoms in total. The quantitative estimate of drug-likeness (QED) is 0.559. The highest BCUT2D eigenvalue weighted by Gasteiger charge is 2.17. The summed E-state index contributed by atoms with van der Waals surface area (Å²) in [7, 11) is 0. The third-order valence-corrected chi connectivity index (χ3v) is 3.12. The van der Waals surface area contributed by atoms with Gasteiger partial charge in [0, 0.05) is 20.1 Å². The molecule has 1 amide bonds. The number of carbonyl (C=O) groups excluding carboxylic acids is 1. The molecule has 20 heavy (non-hydrogen) atoms. The molecule has 0 bridgehead atoms. The largest absolute Gasteiger partial charge is 0.396 e. The molecule has 0 radical (unpaired) electrons. The average Bonchev–Trinajstić information content (AvgIpc) is 2.44. The van der Waals surface area contributed by atoms with Gasteiger partial charge in [0.15, 0.2) is 0 Å². The molecule has 1 aromatic rings. The molecule has 4 N–H and O–H groups in total. The van der Waals surface area contributed by atoms with Crippen molar-refractivity contribution in [2.45, 2.75) is 38.4 Å². The highest BCUT2D eigenvalue weighted by molar-refractivity contribution is 5.72. The second-order valence-electron chi connectivity index (χ2n) is 4.85. The van der Waals surface area contributed by atoms with Crippen LogP contribution in [0.1, 0.15) is 37.0 Å². The van der Waals surface area contributed by atoms with Crippen molar-refractivity contribution in [3.8, 4) is 0 Å². The normalized spacial score (nSPS) is 13.8. The lowest BCUT2D eigenvalue weighted by molar-refractivity contribution is -0.119. The first-order chi connectivity index (χ1) is 9.54. The molecular formula is C15H23NO4. The van der Waals surface area contributed by atoms with Crippen LogP contribution in [0.5, 0.6) is 0 Å². The Bertz CT molecular complexity index is 405. The minimum absolute atomic E-state index is 0.153. The van der Waals surface area contributed by atoms with Crippen LogP contribution in [0.3, 0.4) is 0 Å². The molecule has 5 heteroatoms. The van der Waals surface area contributed by atoms with Gasteiger partial charge in [-0.25, -0.2) is 0 Å². The molecule has 0 aliphatic rings. The Kier molecular flexibility index (Phi) is 7.22. The molecule has 0 aliphatic carbocycles. The average molecular weight is 281 g/mol. The summed E-state index contributed by atoms with van der Waals surface area (Å²) < 4.78 is 0. The van der Waals surface area contributed by atoms with Crippen molar-refractivity contribution in [1.82, 2.24) is 5.32 Å². The molecule has 0 spiro atoms. The van der Waals surface area contributed by atoms with Crippen LogP contribution in [0, 0.1) is 0 Å². The smallest absolute Gasteiger partial charge is 0.216 e. The monoisotopic (exact) mass is 281 g/mol. The van der Waals surface area contributed by atoms with Crippen molar-refractivity contribution in [3.63, 3.8) is 0 Å². The second-order valence-corrected chi connectivity index (χ2v) is 4.85. The first kappa shape index (κ1) is 16.6. The number of nitrogens with one attached hydrogen (secondary N) is 1. The van der Waals surface area contributed by atoms with Crippen molar-refractivity contribution in [1.29, 1.82) is 0 Å². The molecule has 0 saturated carbocycles. The first-order valence-electron chi connectivity index (χ1n) is 6.85. The van der Waals surface area contributed by atoms with E-state index in [1.165, 1.54) is 6.92 Å². The predicted molar refractivity (Wildman–Crippen MR) is 76.1 cm³/mol. The number of hydrogen-bond donors (Lipinski definition) is 4. The number of hydrogen-bond acceptors (Lipinski definition) is 4. The number of carbonyl (C=O) groups is 1. The predicted octanol–water partition coefficient (Wildman–Crippen LogP) is 0.532. The van der Waals surface area contributed by atoms with E-state index in [0.717, 1.165) is 12.0 Å². The lowest BCUT2D eigenvalue weighted by Gasteiger charge is -2.18. The maximum absolute atomic E-state index is 10.7. The minimum atomic E-state index is -0.962. The molecule has 1 aromatic carbocycles. The maximum Gasteiger partial charge on any atom is 0.216 e. The molecule has 0 fully saturated rings. The summed E-state index contributed by atoms with van der Waals surface area (Å²) in [6, 6.07) is 7.32. The van der Waals surface area contributed by atoms with Crippen LogP contribution in [-0.2, 0) is 11.2 Å². The summed E-state index contributed by atoms with van der Waals surface area (Å²) in [6.07, 6.45) is -0.0764. The Morgan fingerprint density at radius 1 is 1.25 bits per heavy atom. The standard InChI is InChI=1S/C15H23NO4/c1-11(18)16-9-8-14(19)15(20)13-6-4-12(5-7-13)3-2-10-17/h4-7,14-15,17,19-20H,2-3,8-10H2,1H3,(H,16,18). The van der Waals surface area contributed by atoms with Gasteiger partial charge in [0.1, 0.15) is 6.10 Å². The number of rotatable bonds is 8. The fourth-order valence-electron chi connectivity index (χ4n) is 1.94. The fourth-order valence-corrected chi connectivity index (χ4v) is 1.94. The summed E-state index contributed by atoms with van der Waals surface area (Å²) in [5, 5.41) is 31.2. The van der Waals surface area contributed by atoms with Gasteiger partial charge in [0.25, 0.3) is 0 Å². The van der Waals surface area contributed by atoms with Gasteiger partial charge in [-0.2, -0.15) is 0 Å².